The summed E-state index contributed by atoms with van der Waals surface area (Å²) in [4.78, 5) is 18.1. The van der Waals surface area contributed by atoms with E-state index in [2.05, 4.69) is 29.1 Å². The highest BCUT2D eigenvalue weighted by Gasteiger charge is 2.02. The van der Waals surface area contributed by atoms with Crippen molar-refractivity contribution in [1.82, 2.24) is 9.97 Å². The van der Waals surface area contributed by atoms with Crippen LogP contribution in [-0.2, 0) is 6.42 Å². The zero-order valence-electron chi connectivity index (χ0n) is 9.08. The van der Waals surface area contributed by atoms with E-state index >= 15 is 0 Å². The third kappa shape index (κ3) is 3.71. The van der Waals surface area contributed by atoms with Crippen molar-refractivity contribution in [3.63, 3.8) is 0 Å². The lowest BCUT2D eigenvalue weighted by Crippen LogP contribution is -2.19. The van der Waals surface area contributed by atoms with Crippen LogP contribution < -0.4 is 10.9 Å². The highest BCUT2D eigenvalue weighted by Crippen LogP contribution is 1.98. The maximum absolute atomic E-state index is 11.4. The van der Waals surface area contributed by atoms with Crippen molar-refractivity contribution in [1.29, 1.82) is 0 Å². The van der Waals surface area contributed by atoms with E-state index in [1.165, 1.54) is 6.20 Å². The number of anilines is 1. The van der Waals surface area contributed by atoms with E-state index in [-0.39, 0.29) is 12.2 Å². The second kappa shape index (κ2) is 5.50. The minimum absolute atomic E-state index is 0.0382. The third-order valence-electron chi connectivity index (χ3n) is 1.93. The number of hydrogen-bond donors (Lipinski definition) is 3. The topological polar surface area (TPSA) is 78.0 Å². The van der Waals surface area contributed by atoms with Gasteiger partial charge in [0.05, 0.1) is 0 Å². The number of nitrogens with one attached hydrogen (secondary N) is 2. The standard InChI is InChI=1S/C10H17N3O2/c1-7(2)5-11-10-12-6-8(3-4-14)9(15)13-10/h6-7,14H,3-5H2,1-2H3,(H2,11,12,13,15). The number of rotatable bonds is 5. The monoisotopic (exact) mass is 211 g/mol. The first-order valence-electron chi connectivity index (χ1n) is 5.06. The lowest BCUT2D eigenvalue weighted by Gasteiger charge is -2.07. The van der Waals surface area contributed by atoms with Gasteiger partial charge >= 0.3 is 0 Å². The van der Waals surface area contributed by atoms with Crippen LogP contribution in [0.3, 0.4) is 0 Å². The smallest absolute Gasteiger partial charge is 0.255 e. The molecule has 1 heterocycles. The number of aliphatic hydroxyl groups excluding tert-OH is 1. The van der Waals surface area contributed by atoms with Crippen molar-refractivity contribution in [2.45, 2.75) is 20.3 Å². The summed E-state index contributed by atoms with van der Waals surface area (Å²) in [6.45, 7) is 4.88. The quantitative estimate of drug-likeness (QED) is 0.657. The Kier molecular flexibility index (Phi) is 4.30. The number of H-pyrrole nitrogens is 1. The molecule has 0 saturated carbocycles. The van der Waals surface area contributed by atoms with Crippen LogP contribution in [0.4, 0.5) is 5.95 Å². The fourth-order valence-electron chi connectivity index (χ4n) is 1.11. The molecule has 0 unspecified atom stereocenters. The van der Waals surface area contributed by atoms with Gasteiger partial charge in [-0.1, -0.05) is 13.8 Å². The first kappa shape index (κ1) is 11.7. The van der Waals surface area contributed by atoms with E-state index in [9.17, 15) is 4.79 Å². The van der Waals surface area contributed by atoms with Gasteiger partial charge in [-0.15, -0.1) is 0 Å². The molecule has 0 bridgehead atoms. The summed E-state index contributed by atoms with van der Waals surface area (Å²) in [5.41, 5.74) is 0.318. The van der Waals surface area contributed by atoms with Crippen molar-refractivity contribution in [2.75, 3.05) is 18.5 Å². The van der Waals surface area contributed by atoms with Gasteiger partial charge in [0.2, 0.25) is 5.95 Å². The van der Waals surface area contributed by atoms with Crippen LogP contribution >= 0.6 is 0 Å². The molecule has 0 atom stereocenters. The summed E-state index contributed by atoms with van der Waals surface area (Å²) in [5.74, 6) is 0.975. The van der Waals surface area contributed by atoms with Crippen LogP contribution in [0.5, 0.6) is 0 Å². The van der Waals surface area contributed by atoms with Crippen molar-refractivity contribution >= 4 is 5.95 Å². The molecule has 0 aliphatic heterocycles. The molecule has 0 fully saturated rings. The summed E-state index contributed by atoms with van der Waals surface area (Å²) in [5, 5.41) is 11.7. The number of hydrogen-bond acceptors (Lipinski definition) is 4. The van der Waals surface area contributed by atoms with Crippen molar-refractivity contribution < 1.29 is 5.11 Å². The first-order valence-corrected chi connectivity index (χ1v) is 5.06. The van der Waals surface area contributed by atoms with Gasteiger partial charge in [-0.2, -0.15) is 0 Å². The molecule has 0 aliphatic carbocycles. The average molecular weight is 211 g/mol. The van der Waals surface area contributed by atoms with E-state index < -0.39 is 0 Å². The van der Waals surface area contributed by atoms with E-state index in [0.29, 0.717) is 23.9 Å². The molecule has 0 amide bonds. The number of aliphatic hydroxyl groups is 1. The number of aromatic amines is 1. The number of aromatic nitrogens is 2. The summed E-state index contributed by atoms with van der Waals surface area (Å²) in [6.07, 6.45) is 1.84. The molecule has 5 heteroatoms. The Balaban J connectivity index is 2.69. The predicted molar refractivity (Wildman–Crippen MR) is 59.0 cm³/mol. The largest absolute Gasteiger partial charge is 0.396 e. The summed E-state index contributed by atoms with van der Waals surface area (Å²) in [7, 11) is 0. The van der Waals surface area contributed by atoms with Gasteiger partial charge < -0.3 is 10.4 Å². The summed E-state index contributed by atoms with van der Waals surface area (Å²) in [6, 6.07) is 0. The summed E-state index contributed by atoms with van der Waals surface area (Å²) < 4.78 is 0. The Labute approximate surface area is 88.6 Å². The van der Waals surface area contributed by atoms with Gasteiger partial charge in [0.1, 0.15) is 0 Å². The van der Waals surface area contributed by atoms with Crippen molar-refractivity contribution in [2.24, 2.45) is 5.92 Å². The molecular formula is C10H17N3O2. The zero-order valence-corrected chi connectivity index (χ0v) is 9.08. The molecule has 3 N–H and O–H groups in total. The molecule has 0 aliphatic rings. The van der Waals surface area contributed by atoms with Crippen LogP contribution in [-0.4, -0.2) is 28.2 Å². The third-order valence-corrected chi connectivity index (χ3v) is 1.93. The molecule has 1 aromatic heterocycles. The molecular weight excluding hydrogens is 194 g/mol. The molecule has 5 nitrogen and oxygen atoms in total. The van der Waals surface area contributed by atoms with Gasteiger partial charge in [-0.3, -0.25) is 9.78 Å². The first-order chi connectivity index (χ1) is 7.13. The van der Waals surface area contributed by atoms with Gasteiger partial charge in [0.15, 0.2) is 0 Å². The molecule has 1 rings (SSSR count). The molecule has 0 spiro atoms. The fourth-order valence-corrected chi connectivity index (χ4v) is 1.11. The molecule has 15 heavy (non-hydrogen) atoms. The van der Waals surface area contributed by atoms with Gasteiger partial charge in [0.25, 0.3) is 5.56 Å². The minimum Gasteiger partial charge on any atom is -0.396 e. The van der Waals surface area contributed by atoms with Gasteiger partial charge in [0, 0.05) is 31.3 Å². The summed E-state index contributed by atoms with van der Waals surface area (Å²) >= 11 is 0. The normalized spacial score (nSPS) is 10.7. The maximum Gasteiger partial charge on any atom is 0.255 e. The van der Waals surface area contributed by atoms with Crippen LogP contribution in [0.1, 0.15) is 19.4 Å². The van der Waals surface area contributed by atoms with Gasteiger partial charge in [-0.25, -0.2) is 4.98 Å². The SMILES string of the molecule is CC(C)CNc1ncc(CCO)c(=O)[nH]1. The van der Waals surface area contributed by atoms with E-state index in [1.54, 1.807) is 0 Å². The highest BCUT2D eigenvalue weighted by atomic mass is 16.3. The molecule has 0 saturated heterocycles. The average Bonchev–Trinajstić information content (AvgIpc) is 2.19. The van der Waals surface area contributed by atoms with Gasteiger partial charge in [-0.05, 0) is 5.92 Å². The predicted octanol–water partition coefficient (Wildman–Crippen LogP) is 0.373. The van der Waals surface area contributed by atoms with E-state index in [0.717, 1.165) is 6.54 Å². The van der Waals surface area contributed by atoms with Crippen LogP contribution in [0.2, 0.25) is 0 Å². The Morgan fingerprint density at radius 2 is 2.33 bits per heavy atom. The van der Waals surface area contributed by atoms with Crippen molar-refractivity contribution in [3.8, 4) is 0 Å². The van der Waals surface area contributed by atoms with Crippen LogP contribution in [0.15, 0.2) is 11.0 Å². The fraction of sp³-hybridized carbons (Fsp3) is 0.600. The zero-order chi connectivity index (χ0) is 11.3. The van der Waals surface area contributed by atoms with Crippen LogP contribution in [0, 0.1) is 5.92 Å². The lowest BCUT2D eigenvalue weighted by molar-refractivity contribution is 0.299. The van der Waals surface area contributed by atoms with Crippen LogP contribution in [0.25, 0.3) is 0 Å². The number of nitrogens with zero attached hydrogens (tertiary/aromatic N) is 1. The lowest BCUT2D eigenvalue weighted by atomic mass is 10.2. The minimum atomic E-state index is -0.190. The Morgan fingerprint density at radius 3 is 2.87 bits per heavy atom. The Bertz CT molecular complexity index is 360. The van der Waals surface area contributed by atoms with Crippen molar-refractivity contribution in [3.05, 3.63) is 22.1 Å². The van der Waals surface area contributed by atoms with E-state index in [1.807, 2.05) is 0 Å². The Hall–Kier alpha value is -1.36. The second-order valence-corrected chi connectivity index (χ2v) is 3.83. The maximum atomic E-state index is 11.4. The second-order valence-electron chi connectivity index (χ2n) is 3.83. The highest BCUT2D eigenvalue weighted by molar-refractivity contribution is 5.24. The molecule has 84 valence electrons. The molecule has 1 aromatic rings. The molecule has 0 radical (unpaired) electrons. The molecule has 0 aromatic carbocycles. The Morgan fingerprint density at radius 1 is 1.60 bits per heavy atom. The van der Waals surface area contributed by atoms with E-state index in [4.69, 9.17) is 5.11 Å².